The SMILES string of the molecule is CC1(C)CCC(C)(C)c2cc(-n3c4ccccc4c4cc(N(c5cccc(-c6ccccc6)c5)c5ccc(-c6ccccc6)cc5-c5ccccc5)ccc43)ccc21. The number of nitrogens with zero attached hydrogens (tertiary/aromatic N) is 2. The summed E-state index contributed by atoms with van der Waals surface area (Å²) in [4.78, 5) is 2.46. The lowest BCUT2D eigenvalue weighted by atomic mass is 9.63. The van der Waals surface area contributed by atoms with Gasteiger partial charge in [-0.1, -0.05) is 161 Å². The van der Waals surface area contributed by atoms with Crippen LogP contribution in [0.1, 0.15) is 51.7 Å². The molecular weight excluding hydrogens is 701 g/mol. The van der Waals surface area contributed by atoms with Gasteiger partial charge in [0.2, 0.25) is 0 Å². The van der Waals surface area contributed by atoms with Gasteiger partial charge < -0.3 is 9.47 Å². The van der Waals surface area contributed by atoms with E-state index < -0.39 is 0 Å². The van der Waals surface area contributed by atoms with E-state index in [9.17, 15) is 0 Å². The van der Waals surface area contributed by atoms with Crippen molar-refractivity contribution in [2.24, 2.45) is 0 Å². The van der Waals surface area contributed by atoms with Gasteiger partial charge in [0.05, 0.1) is 16.7 Å². The molecule has 0 saturated heterocycles. The second kappa shape index (κ2) is 14.1. The molecule has 58 heavy (non-hydrogen) atoms. The van der Waals surface area contributed by atoms with Gasteiger partial charge in [-0.3, -0.25) is 0 Å². The van der Waals surface area contributed by atoms with E-state index in [1.165, 1.54) is 84.8 Å². The van der Waals surface area contributed by atoms with E-state index in [4.69, 9.17) is 0 Å². The van der Waals surface area contributed by atoms with Crippen LogP contribution in [0.2, 0.25) is 0 Å². The standard InChI is InChI=1S/C56H48N2/c1-55(2)33-34-56(3,4)51-38-46(28-30-50(51)55)58-52-26-15-14-25-47(52)49-37-45(29-32-54(49)58)57(44-24-16-23-42(35-44)39-17-8-5-9-18-39)53-31-27-43(40-19-10-6-11-20-40)36-48(53)41-21-12-7-13-22-41/h5-32,35-38H,33-34H2,1-4H3. The molecule has 0 amide bonds. The van der Waals surface area contributed by atoms with E-state index in [1.54, 1.807) is 0 Å². The Morgan fingerprint density at radius 1 is 0.397 bits per heavy atom. The molecule has 282 valence electrons. The minimum absolute atomic E-state index is 0.119. The summed E-state index contributed by atoms with van der Waals surface area (Å²) in [6.45, 7) is 9.64. The van der Waals surface area contributed by atoms with E-state index in [0.717, 1.165) is 17.1 Å². The maximum absolute atomic E-state index is 2.48. The van der Waals surface area contributed by atoms with Crippen molar-refractivity contribution in [2.75, 3.05) is 4.90 Å². The third-order valence-electron chi connectivity index (χ3n) is 12.6. The summed E-state index contributed by atoms with van der Waals surface area (Å²) in [5.74, 6) is 0. The van der Waals surface area contributed by atoms with E-state index in [-0.39, 0.29) is 10.8 Å². The highest BCUT2D eigenvalue weighted by Crippen LogP contribution is 2.48. The molecule has 1 aliphatic rings. The maximum atomic E-state index is 2.48. The number of hydrogen-bond acceptors (Lipinski definition) is 1. The zero-order valence-corrected chi connectivity index (χ0v) is 33.8. The Kier molecular flexibility index (Phi) is 8.68. The van der Waals surface area contributed by atoms with E-state index in [1.807, 2.05) is 0 Å². The summed E-state index contributed by atoms with van der Waals surface area (Å²) < 4.78 is 2.48. The molecule has 1 aromatic heterocycles. The van der Waals surface area contributed by atoms with Crippen LogP contribution in [0.25, 0.3) is 60.9 Å². The van der Waals surface area contributed by atoms with Gasteiger partial charge >= 0.3 is 0 Å². The summed E-state index contributed by atoms with van der Waals surface area (Å²) >= 11 is 0. The van der Waals surface area contributed by atoms with Crippen LogP contribution in [0.5, 0.6) is 0 Å². The molecule has 0 spiro atoms. The van der Waals surface area contributed by atoms with E-state index in [0.29, 0.717) is 0 Å². The average Bonchev–Trinajstić information content (AvgIpc) is 3.60. The van der Waals surface area contributed by atoms with Gasteiger partial charge in [-0.25, -0.2) is 0 Å². The molecule has 0 N–H and O–H groups in total. The highest BCUT2D eigenvalue weighted by atomic mass is 15.1. The second-order valence-corrected chi connectivity index (χ2v) is 17.3. The topological polar surface area (TPSA) is 8.17 Å². The predicted molar refractivity (Wildman–Crippen MR) is 247 cm³/mol. The van der Waals surface area contributed by atoms with Crippen molar-refractivity contribution in [1.29, 1.82) is 0 Å². The van der Waals surface area contributed by atoms with Crippen molar-refractivity contribution in [3.05, 3.63) is 205 Å². The first-order chi connectivity index (χ1) is 28.2. The molecule has 0 saturated carbocycles. The molecule has 1 heterocycles. The molecule has 0 aliphatic heterocycles. The van der Waals surface area contributed by atoms with Crippen molar-refractivity contribution in [2.45, 2.75) is 51.4 Å². The lowest BCUT2D eigenvalue weighted by molar-refractivity contribution is 0.332. The van der Waals surface area contributed by atoms with E-state index in [2.05, 4.69) is 231 Å². The summed E-state index contributed by atoms with van der Waals surface area (Å²) in [7, 11) is 0. The van der Waals surface area contributed by atoms with E-state index >= 15 is 0 Å². The third-order valence-corrected chi connectivity index (χ3v) is 12.6. The summed E-state index contributed by atoms with van der Waals surface area (Å²) in [5, 5.41) is 2.48. The van der Waals surface area contributed by atoms with Gasteiger partial charge in [-0.2, -0.15) is 0 Å². The molecule has 10 rings (SSSR count). The lowest BCUT2D eigenvalue weighted by Crippen LogP contribution is -2.33. The molecular formula is C56H48N2. The number of rotatable bonds is 7. The molecule has 0 bridgehead atoms. The smallest absolute Gasteiger partial charge is 0.0542 e. The fourth-order valence-corrected chi connectivity index (χ4v) is 9.37. The minimum Gasteiger partial charge on any atom is -0.310 e. The van der Waals surface area contributed by atoms with Crippen LogP contribution in [0.15, 0.2) is 194 Å². The number of fused-ring (bicyclic) bond motifs is 4. The molecule has 1 aliphatic carbocycles. The molecule has 9 aromatic rings. The first-order valence-electron chi connectivity index (χ1n) is 20.6. The highest BCUT2D eigenvalue weighted by Gasteiger charge is 2.37. The van der Waals surface area contributed by atoms with Gasteiger partial charge in [-0.05, 0) is 123 Å². The second-order valence-electron chi connectivity index (χ2n) is 17.3. The largest absolute Gasteiger partial charge is 0.310 e. The van der Waals surface area contributed by atoms with Gasteiger partial charge in [0.1, 0.15) is 0 Å². The molecule has 0 radical (unpaired) electrons. The van der Waals surface area contributed by atoms with Crippen molar-refractivity contribution in [3.8, 4) is 39.1 Å². The first-order valence-corrected chi connectivity index (χ1v) is 20.6. The van der Waals surface area contributed by atoms with Crippen molar-refractivity contribution in [3.63, 3.8) is 0 Å². The van der Waals surface area contributed by atoms with Crippen molar-refractivity contribution in [1.82, 2.24) is 4.57 Å². The van der Waals surface area contributed by atoms with Crippen LogP contribution in [-0.2, 0) is 10.8 Å². The Bertz CT molecular complexity index is 2930. The molecule has 0 atom stereocenters. The molecule has 2 nitrogen and oxygen atoms in total. The number of aromatic nitrogens is 1. The quantitative estimate of drug-likeness (QED) is 0.158. The van der Waals surface area contributed by atoms with Crippen LogP contribution in [0, 0.1) is 0 Å². The average molecular weight is 749 g/mol. The Morgan fingerprint density at radius 2 is 0.966 bits per heavy atom. The van der Waals surface area contributed by atoms with Gasteiger partial charge in [0.15, 0.2) is 0 Å². The maximum Gasteiger partial charge on any atom is 0.0542 e. The van der Waals surface area contributed by atoms with Crippen LogP contribution >= 0.6 is 0 Å². The first kappa shape index (κ1) is 35.8. The lowest BCUT2D eigenvalue weighted by Gasteiger charge is -2.42. The Balaban J connectivity index is 1.21. The zero-order chi connectivity index (χ0) is 39.4. The Hall–Kier alpha value is -6.64. The fourth-order valence-electron chi connectivity index (χ4n) is 9.37. The van der Waals surface area contributed by atoms with Crippen molar-refractivity contribution >= 4 is 38.9 Å². The number of benzene rings is 8. The normalized spacial score (nSPS) is 14.3. The summed E-state index contributed by atoms with van der Waals surface area (Å²) in [6, 6.07) is 71.4. The van der Waals surface area contributed by atoms with Crippen LogP contribution in [0.3, 0.4) is 0 Å². The Labute approximate surface area is 342 Å². The van der Waals surface area contributed by atoms with Gasteiger partial charge in [-0.15, -0.1) is 0 Å². The number of anilines is 3. The van der Waals surface area contributed by atoms with Gasteiger partial charge in [0, 0.05) is 33.4 Å². The minimum atomic E-state index is 0.119. The molecule has 2 heteroatoms. The van der Waals surface area contributed by atoms with Gasteiger partial charge in [0.25, 0.3) is 0 Å². The molecule has 0 unspecified atom stereocenters. The van der Waals surface area contributed by atoms with Crippen LogP contribution in [-0.4, -0.2) is 4.57 Å². The molecule has 8 aromatic carbocycles. The Morgan fingerprint density at radius 3 is 1.67 bits per heavy atom. The fraction of sp³-hybridized carbons (Fsp3) is 0.143. The zero-order valence-electron chi connectivity index (χ0n) is 33.8. The molecule has 0 fully saturated rings. The predicted octanol–water partition coefficient (Wildman–Crippen LogP) is 15.6. The monoisotopic (exact) mass is 748 g/mol. The highest BCUT2D eigenvalue weighted by molar-refractivity contribution is 6.11. The summed E-state index contributed by atoms with van der Waals surface area (Å²) in [5.41, 5.74) is 17.3. The number of para-hydroxylation sites is 1. The van der Waals surface area contributed by atoms with Crippen molar-refractivity contribution < 1.29 is 0 Å². The van der Waals surface area contributed by atoms with Crippen LogP contribution < -0.4 is 4.90 Å². The summed E-state index contributed by atoms with van der Waals surface area (Å²) in [6.07, 6.45) is 2.39. The number of hydrogen-bond donors (Lipinski definition) is 0. The van der Waals surface area contributed by atoms with Crippen LogP contribution in [0.4, 0.5) is 17.1 Å². The third kappa shape index (κ3) is 6.21.